The Kier molecular flexibility index (Phi) is 9.03. The van der Waals surface area contributed by atoms with Gasteiger partial charge in [-0.25, -0.2) is 9.59 Å². The predicted octanol–water partition coefficient (Wildman–Crippen LogP) is 7.23. The lowest BCUT2D eigenvalue weighted by molar-refractivity contribution is 0.0679. The van der Waals surface area contributed by atoms with Crippen molar-refractivity contribution in [1.29, 1.82) is 0 Å². The molecule has 0 saturated heterocycles. The standard InChI is InChI=1S/C30H34O4/c1-5-7-18-26-25(19-21(3)4)20-22(6-2)27(33-29(31)23-14-10-8-11-15-23)28(26)34-30(32)24-16-12-9-13-17-24/h8-17,20-21H,5-7,18-19H2,1-4H3. The Morgan fingerprint density at radius 3 is 1.76 bits per heavy atom. The number of rotatable bonds is 10. The van der Waals surface area contributed by atoms with Gasteiger partial charge in [0.05, 0.1) is 11.1 Å². The lowest BCUT2D eigenvalue weighted by Gasteiger charge is -2.22. The van der Waals surface area contributed by atoms with Gasteiger partial charge >= 0.3 is 11.9 Å². The molecule has 0 saturated carbocycles. The van der Waals surface area contributed by atoms with E-state index >= 15 is 0 Å². The molecule has 0 fully saturated rings. The van der Waals surface area contributed by atoms with Crippen LogP contribution in [0.4, 0.5) is 0 Å². The number of benzene rings is 3. The fraction of sp³-hybridized carbons (Fsp3) is 0.333. The summed E-state index contributed by atoms with van der Waals surface area (Å²) >= 11 is 0. The van der Waals surface area contributed by atoms with Crippen LogP contribution in [-0.4, -0.2) is 11.9 Å². The van der Waals surface area contributed by atoms with E-state index in [4.69, 9.17) is 9.47 Å². The Hall–Kier alpha value is -3.40. The summed E-state index contributed by atoms with van der Waals surface area (Å²) in [6.07, 6.45) is 4.19. The van der Waals surface area contributed by atoms with Crippen molar-refractivity contribution in [2.75, 3.05) is 0 Å². The molecule has 0 spiro atoms. The van der Waals surface area contributed by atoms with Crippen LogP contribution in [0, 0.1) is 5.92 Å². The zero-order chi connectivity index (χ0) is 24.5. The van der Waals surface area contributed by atoms with Gasteiger partial charge in [0.25, 0.3) is 0 Å². The molecule has 0 unspecified atom stereocenters. The quantitative estimate of drug-likeness (QED) is 0.238. The first-order chi connectivity index (χ1) is 16.4. The van der Waals surface area contributed by atoms with Gasteiger partial charge in [-0.2, -0.15) is 0 Å². The van der Waals surface area contributed by atoms with Gasteiger partial charge in [-0.15, -0.1) is 0 Å². The molecule has 3 rings (SSSR count). The van der Waals surface area contributed by atoms with Crippen molar-refractivity contribution in [3.8, 4) is 11.5 Å². The van der Waals surface area contributed by atoms with Crippen LogP contribution in [0.15, 0.2) is 66.7 Å². The molecule has 178 valence electrons. The molecule has 0 atom stereocenters. The topological polar surface area (TPSA) is 52.6 Å². The molecule has 3 aromatic carbocycles. The van der Waals surface area contributed by atoms with Gasteiger partial charge in [-0.05, 0) is 67.0 Å². The van der Waals surface area contributed by atoms with E-state index in [1.807, 2.05) is 19.1 Å². The highest BCUT2D eigenvalue weighted by Gasteiger charge is 2.25. The number of ether oxygens (including phenoxy) is 2. The van der Waals surface area contributed by atoms with Crippen molar-refractivity contribution < 1.29 is 19.1 Å². The van der Waals surface area contributed by atoms with E-state index in [0.717, 1.165) is 42.4 Å². The van der Waals surface area contributed by atoms with Crippen LogP contribution >= 0.6 is 0 Å². The molecule has 0 N–H and O–H groups in total. The second-order valence-corrected chi connectivity index (χ2v) is 8.90. The third-order valence-corrected chi connectivity index (χ3v) is 5.71. The van der Waals surface area contributed by atoms with E-state index in [1.54, 1.807) is 48.5 Å². The van der Waals surface area contributed by atoms with E-state index in [1.165, 1.54) is 0 Å². The van der Waals surface area contributed by atoms with Crippen molar-refractivity contribution in [2.45, 2.75) is 59.8 Å². The summed E-state index contributed by atoms with van der Waals surface area (Å²) in [5.74, 6) is 0.228. The third kappa shape index (κ3) is 6.34. The summed E-state index contributed by atoms with van der Waals surface area (Å²) < 4.78 is 12.0. The van der Waals surface area contributed by atoms with Gasteiger partial charge in [-0.1, -0.05) is 76.6 Å². The summed E-state index contributed by atoms with van der Waals surface area (Å²) in [6, 6.07) is 19.9. The van der Waals surface area contributed by atoms with Gasteiger partial charge < -0.3 is 9.47 Å². The van der Waals surface area contributed by atoms with Crippen LogP contribution < -0.4 is 9.47 Å². The maximum absolute atomic E-state index is 13.1. The summed E-state index contributed by atoms with van der Waals surface area (Å²) in [7, 11) is 0. The highest BCUT2D eigenvalue weighted by molar-refractivity contribution is 5.93. The predicted molar refractivity (Wildman–Crippen MR) is 136 cm³/mol. The summed E-state index contributed by atoms with van der Waals surface area (Å²) in [5, 5.41) is 0. The number of aryl methyl sites for hydroxylation is 1. The largest absolute Gasteiger partial charge is 0.419 e. The number of esters is 2. The molecule has 0 aliphatic carbocycles. The highest BCUT2D eigenvalue weighted by Crippen LogP contribution is 2.41. The van der Waals surface area contributed by atoms with Crippen LogP contribution in [0.25, 0.3) is 0 Å². The number of unbranched alkanes of at least 4 members (excludes halogenated alkanes) is 1. The van der Waals surface area contributed by atoms with Crippen molar-refractivity contribution >= 4 is 11.9 Å². The molecule has 4 nitrogen and oxygen atoms in total. The first-order valence-electron chi connectivity index (χ1n) is 12.2. The van der Waals surface area contributed by atoms with Crippen LogP contribution in [-0.2, 0) is 19.3 Å². The van der Waals surface area contributed by atoms with E-state index in [9.17, 15) is 9.59 Å². The van der Waals surface area contributed by atoms with Crippen molar-refractivity contribution in [3.05, 3.63) is 94.5 Å². The molecule has 0 radical (unpaired) electrons. The van der Waals surface area contributed by atoms with Gasteiger partial charge in [0.15, 0.2) is 11.5 Å². The number of carbonyl (C=O) groups excluding carboxylic acids is 2. The maximum Gasteiger partial charge on any atom is 0.343 e. The van der Waals surface area contributed by atoms with Gasteiger partial charge in [0.1, 0.15) is 0 Å². The zero-order valence-corrected chi connectivity index (χ0v) is 20.6. The van der Waals surface area contributed by atoms with Crippen LogP contribution in [0.2, 0.25) is 0 Å². The van der Waals surface area contributed by atoms with E-state index < -0.39 is 11.9 Å². The van der Waals surface area contributed by atoms with Crippen LogP contribution in [0.1, 0.15) is 77.9 Å². The zero-order valence-electron chi connectivity index (χ0n) is 20.6. The molecular weight excluding hydrogens is 424 g/mol. The average molecular weight is 459 g/mol. The molecule has 3 aromatic rings. The number of carbonyl (C=O) groups is 2. The lowest BCUT2D eigenvalue weighted by atomic mass is 9.91. The molecule has 34 heavy (non-hydrogen) atoms. The van der Waals surface area contributed by atoms with Crippen LogP contribution in [0.5, 0.6) is 11.5 Å². The van der Waals surface area contributed by atoms with Crippen molar-refractivity contribution in [1.82, 2.24) is 0 Å². The van der Waals surface area contributed by atoms with E-state index in [2.05, 4.69) is 26.8 Å². The summed E-state index contributed by atoms with van der Waals surface area (Å²) in [4.78, 5) is 26.1. The SMILES string of the molecule is CCCCc1c(CC(C)C)cc(CC)c(OC(=O)c2ccccc2)c1OC(=O)c1ccccc1. The van der Waals surface area contributed by atoms with Crippen molar-refractivity contribution in [2.24, 2.45) is 5.92 Å². The molecule has 0 aliphatic rings. The minimum Gasteiger partial charge on any atom is -0.419 e. The Balaban J connectivity index is 2.15. The Labute approximate surface area is 202 Å². The average Bonchev–Trinajstić information content (AvgIpc) is 2.85. The molecule has 0 heterocycles. The Bertz CT molecular complexity index is 1100. The molecule has 0 bridgehead atoms. The summed E-state index contributed by atoms with van der Waals surface area (Å²) in [5.41, 5.74) is 3.86. The Morgan fingerprint density at radius 1 is 0.765 bits per heavy atom. The minimum atomic E-state index is -0.467. The monoisotopic (exact) mass is 458 g/mol. The van der Waals surface area contributed by atoms with Gasteiger partial charge in [-0.3, -0.25) is 0 Å². The molecule has 0 amide bonds. The highest BCUT2D eigenvalue weighted by atomic mass is 16.6. The molecule has 0 aromatic heterocycles. The smallest absolute Gasteiger partial charge is 0.343 e. The first-order valence-corrected chi connectivity index (χ1v) is 12.2. The maximum atomic E-state index is 13.1. The summed E-state index contributed by atoms with van der Waals surface area (Å²) in [6.45, 7) is 8.50. The van der Waals surface area contributed by atoms with Crippen molar-refractivity contribution in [3.63, 3.8) is 0 Å². The third-order valence-electron chi connectivity index (χ3n) is 5.71. The lowest BCUT2D eigenvalue weighted by Crippen LogP contribution is -2.17. The molecular formula is C30H34O4. The second-order valence-electron chi connectivity index (χ2n) is 8.90. The van der Waals surface area contributed by atoms with Gasteiger partial charge in [0, 0.05) is 5.56 Å². The van der Waals surface area contributed by atoms with E-state index in [0.29, 0.717) is 35.0 Å². The Morgan fingerprint density at radius 2 is 1.29 bits per heavy atom. The fourth-order valence-electron chi connectivity index (χ4n) is 3.98. The number of hydrogen-bond acceptors (Lipinski definition) is 4. The van der Waals surface area contributed by atoms with E-state index in [-0.39, 0.29) is 0 Å². The second kappa shape index (κ2) is 12.2. The van der Waals surface area contributed by atoms with Gasteiger partial charge in [0.2, 0.25) is 0 Å². The normalized spacial score (nSPS) is 10.9. The fourth-order valence-corrected chi connectivity index (χ4v) is 3.98. The minimum absolute atomic E-state index is 0.347. The first kappa shape index (κ1) is 25.2. The number of hydrogen-bond donors (Lipinski definition) is 0. The molecule has 4 heteroatoms. The van der Waals surface area contributed by atoms with Crippen LogP contribution in [0.3, 0.4) is 0 Å². The molecule has 0 aliphatic heterocycles.